The average Bonchev–Trinajstić information content (AvgIpc) is 2.97. The molecule has 2 aromatic carbocycles. The van der Waals surface area contributed by atoms with Gasteiger partial charge in [0.15, 0.2) is 0 Å². The van der Waals surface area contributed by atoms with Gasteiger partial charge in [0.1, 0.15) is 5.75 Å². The van der Waals surface area contributed by atoms with E-state index in [0.29, 0.717) is 22.2 Å². The summed E-state index contributed by atoms with van der Waals surface area (Å²) in [6.45, 7) is 1.71. The number of anilines is 1. The lowest BCUT2D eigenvalue weighted by Gasteiger charge is -2.19. The van der Waals surface area contributed by atoms with Crippen LogP contribution in [0.5, 0.6) is 5.75 Å². The van der Waals surface area contributed by atoms with E-state index in [1.54, 1.807) is 43.0 Å². The van der Waals surface area contributed by atoms with Gasteiger partial charge in [0.2, 0.25) is 0 Å². The molecule has 0 atom stereocenters. The van der Waals surface area contributed by atoms with Crippen molar-refractivity contribution >= 4 is 47.0 Å². The quantitative estimate of drug-likeness (QED) is 0.382. The van der Waals surface area contributed by atoms with Crippen molar-refractivity contribution in [3.05, 3.63) is 69.9 Å². The van der Waals surface area contributed by atoms with Gasteiger partial charge in [-0.1, -0.05) is 23.7 Å². The third-order valence-electron chi connectivity index (χ3n) is 4.61. The Morgan fingerprint density at radius 2 is 1.83 bits per heavy atom. The molecule has 7 heteroatoms. The standard InChI is InChI=1S/C22H20ClNO4S/c1-13-20(22(26)28-3)17(11-14-5-8-16(29-4)9-6-14)21(25)24(13)15-7-10-19(27-2)18(23)12-15/h5-12H,1-4H3/b17-11-. The van der Waals surface area contributed by atoms with Crippen molar-refractivity contribution in [2.24, 2.45) is 0 Å². The molecule has 2 aromatic rings. The smallest absolute Gasteiger partial charge is 0.340 e. The van der Waals surface area contributed by atoms with E-state index in [4.69, 9.17) is 21.1 Å². The van der Waals surface area contributed by atoms with Crippen LogP contribution in [0.25, 0.3) is 6.08 Å². The van der Waals surface area contributed by atoms with E-state index in [1.165, 1.54) is 19.1 Å². The fraction of sp³-hybridized carbons (Fsp3) is 0.182. The minimum absolute atomic E-state index is 0.235. The van der Waals surface area contributed by atoms with E-state index in [0.717, 1.165) is 10.5 Å². The molecule has 0 saturated carbocycles. The van der Waals surface area contributed by atoms with Crippen molar-refractivity contribution in [3.8, 4) is 5.75 Å². The fourth-order valence-corrected chi connectivity index (χ4v) is 3.81. The SMILES string of the molecule is COC(=O)C1=C(C)N(c2ccc(OC)c(Cl)c2)C(=O)/C1=C\c1ccc(SC)cc1. The highest BCUT2D eigenvalue weighted by atomic mass is 35.5. The Hall–Kier alpha value is -2.70. The topological polar surface area (TPSA) is 55.8 Å². The van der Waals surface area contributed by atoms with Gasteiger partial charge in [-0.3, -0.25) is 9.69 Å². The highest BCUT2D eigenvalue weighted by molar-refractivity contribution is 7.98. The van der Waals surface area contributed by atoms with Crippen LogP contribution in [0.15, 0.2) is 64.2 Å². The minimum atomic E-state index is -0.565. The van der Waals surface area contributed by atoms with Crippen molar-refractivity contribution in [2.75, 3.05) is 25.4 Å². The third kappa shape index (κ3) is 4.04. The van der Waals surface area contributed by atoms with Gasteiger partial charge in [0, 0.05) is 10.6 Å². The van der Waals surface area contributed by atoms with Crippen LogP contribution >= 0.6 is 23.4 Å². The van der Waals surface area contributed by atoms with Crippen LogP contribution in [0.4, 0.5) is 5.69 Å². The summed E-state index contributed by atoms with van der Waals surface area (Å²) in [5.74, 6) is -0.385. The number of thioether (sulfide) groups is 1. The average molecular weight is 430 g/mol. The van der Waals surface area contributed by atoms with Crippen molar-refractivity contribution in [1.29, 1.82) is 0 Å². The second-order valence-electron chi connectivity index (χ2n) is 6.24. The number of esters is 1. The third-order valence-corrected chi connectivity index (χ3v) is 5.65. The van der Waals surface area contributed by atoms with Gasteiger partial charge in [0.25, 0.3) is 5.91 Å². The van der Waals surface area contributed by atoms with Gasteiger partial charge in [-0.25, -0.2) is 4.79 Å². The number of methoxy groups -OCH3 is 2. The molecule has 3 rings (SSSR count). The van der Waals surface area contributed by atoms with E-state index >= 15 is 0 Å². The van der Waals surface area contributed by atoms with Crippen LogP contribution in [0, 0.1) is 0 Å². The van der Waals surface area contributed by atoms with Crippen molar-refractivity contribution < 1.29 is 19.1 Å². The molecule has 1 amide bonds. The maximum Gasteiger partial charge on any atom is 0.340 e. The Morgan fingerprint density at radius 3 is 2.38 bits per heavy atom. The van der Waals surface area contributed by atoms with Gasteiger partial charge >= 0.3 is 5.97 Å². The molecule has 0 aliphatic carbocycles. The lowest BCUT2D eigenvalue weighted by Crippen LogP contribution is -2.24. The largest absolute Gasteiger partial charge is 0.495 e. The van der Waals surface area contributed by atoms with Gasteiger partial charge in [-0.15, -0.1) is 11.8 Å². The Balaban J connectivity index is 2.10. The Kier molecular flexibility index (Phi) is 6.35. The summed E-state index contributed by atoms with van der Waals surface area (Å²) in [6, 6.07) is 12.8. The van der Waals surface area contributed by atoms with Crippen LogP contribution in [0.3, 0.4) is 0 Å². The summed E-state index contributed by atoms with van der Waals surface area (Å²) in [7, 11) is 2.82. The molecule has 1 aliphatic rings. The first-order chi connectivity index (χ1) is 13.9. The summed E-state index contributed by atoms with van der Waals surface area (Å²) in [4.78, 5) is 28.3. The number of hydrogen-bond acceptors (Lipinski definition) is 5. The highest BCUT2D eigenvalue weighted by Gasteiger charge is 2.38. The molecule has 0 bridgehead atoms. The van der Waals surface area contributed by atoms with Crippen LogP contribution in [0.1, 0.15) is 12.5 Å². The summed E-state index contributed by atoms with van der Waals surface area (Å²) in [6.07, 6.45) is 3.70. The molecule has 1 heterocycles. The van der Waals surface area contributed by atoms with Crippen LogP contribution in [-0.4, -0.2) is 32.4 Å². The number of rotatable bonds is 5. The molecule has 0 unspecified atom stereocenters. The van der Waals surface area contributed by atoms with E-state index < -0.39 is 5.97 Å². The Labute approximate surface area is 178 Å². The van der Waals surface area contributed by atoms with Crippen LogP contribution < -0.4 is 9.64 Å². The molecule has 0 radical (unpaired) electrons. The van der Waals surface area contributed by atoms with Crippen molar-refractivity contribution in [3.63, 3.8) is 0 Å². The second kappa shape index (κ2) is 8.76. The Bertz CT molecular complexity index is 1030. The molecule has 1 aliphatic heterocycles. The number of carbonyl (C=O) groups excluding carboxylic acids is 2. The van der Waals surface area contributed by atoms with Crippen molar-refractivity contribution in [1.82, 2.24) is 0 Å². The maximum absolute atomic E-state index is 13.3. The van der Waals surface area contributed by atoms with Gasteiger partial charge in [-0.05, 0) is 55.2 Å². The van der Waals surface area contributed by atoms with E-state index in [-0.39, 0.29) is 17.1 Å². The summed E-state index contributed by atoms with van der Waals surface area (Å²) >= 11 is 7.87. The van der Waals surface area contributed by atoms with Gasteiger partial charge < -0.3 is 9.47 Å². The first kappa shape index (κ1) is 21.0. The summed E-state index contributed by atoms with van der Waals surface area (Å²) < 4.78 is 10.1. The Morgan fingerprint density at radius 1 is 1.14 bits per heavy atom. The molecule has 0 aromatic heterocycles. The lowest BCUT2D eigenvalue weighted by atomic mass is 10.0. The first-order valence-electron chi connectivity index (χ1n) is 8.74. The fourth-order valence-electron chi connectivity index (χ4n) is 3.15. The molecule has 5 nitrogen and oxygen atoms in total. The van der Waals surface area contributed by atoms with Crippen LogP contribution in [0.2, 0.25) is 5.02 Å². The zero-order valence-corrected chi connectivity index (χ0v) is 18.1. The number of halogens is 1. The molecule has 150 valence electrons. The zero-order valence-electron chi connectivity index (χ0n) is 16.5. The molecule has 29 heavy (non-hydrogen) atoms. The molecule has 0 spiro atoms. The zero-order chi connectivity index (χ0) is 21.1. The number of carbonyl (C=O) groups is 2. The molecule has 0 N–H and O–H groups in total. The van der Waals surface area contributed by atoms with Crippen molar-refractivity contribution in [2.45, 2.75) is 11.8 Å². The lowest BCUT2D eigenvalue weighted by molar-refractivity contribution is -0.136. The summed E-state index contributed by atoms with van der Waals surface area (Å²) in [5, 5.41) is 0.371. The first-order valence-corrected chi connectivity index (χ1v) is 10.3. The number of amides is 1. The monoisotopic (exact) mass is 429 g/mol. The number of allylic oxidation sites excluding steroid dienone is 1. The molecular weight excluding hydrogens is 410 g/mol. The van der Waals surface area contributed by atoms with Gasteiger partial charge in [-0.2, -0.15) is 0 Å². The highest BCUT2D eigenvalue weighted by Crippen LogP contribution is 2.38. The van der Waals surface area contributed by atoms with E-state index in [2.05, 4.69) is 0 Å². The molecular formula is C22H20ClNO4S. The van der Waals surface area contributed by atoms with Crippen LogP contribution in [-0.2, 0) is 14.3 Å². The summed E-state index contributed by atoms with van der Waals surface area (Å²) in [5.41, 5.74) is 2.35. The number of hydrogen-bond donors (Lipinski definition) is 0. The molecule has 0 fully saturated rings. The maximum atomic E-state index is 13.3. The normalized spacial score (nSPS) is 15.3. The predicted octanol–water partition coefficient (Wildman–Crippen LogP) is 4.95. The van der Waals surface area contributed by atoms with Gasteiger partial charge in [0.05, 0.1) is 36.1 Å². The minimum Gasteiger partial charge on any atom is -0.495 e. The van der Waals surface area contributed by atoms with E-state index in [9.17, 15) is 9.59 Å². The second-order valence-corrected chi connectivity index (χ2v) is 7.53. The predicted molar refractivity (Wildman–Crippen MR) is 116 cm³/mol. The number of nitrogens with zero attached hydrogens (tertiary/aromatic N) is 1. The van der Waals surface area contributed by atoms with E-state index in [1.807, 2.05) is 30.5 Å². The number of ether oxygens (including phenoxy) is 2. The number of benzene rings is 2. The molecule has 0 saturated heterocycles.